The summed E-state index contributed by atoms with van der Waals surface area (Å²) in [6, 6.07) is 23.5. The summed E-state index contributed by atoms with van der Waals surface area (Å²) >= 11 is 0. The van der Waals surface area contributed by atoms with Gasteiger partial charge in [0.05, 0.1) is 0 Å². The molecule has 2 aromatic carbocycles. The van der Waals surface area contributed by atoms with Crippen molar-refractivity contribution >= 4 is 0 Å². The van der Waals surface area contributed by atoms with Crippen LogP contribution in [0.15, 0.2) is 72.9 Å². The molecule has 0 unspecified atom stereocenters. The second-order valence-electron chi connectivity index (χ2n) is 5.15. The Morgan fingerprint density at radius 1 is 0.700 bits per heavy atom. The van der Waals surface area contributed by atoms with Crippen LogP contribution in [0.5, 0.6) is 0 Å². The summed E-state index contributed by atoms with van der Waals surface area (Å²) in [6.45, 7) is 2.12. The van der Waals surface area contributed by atoms with Crippen molar-refractivity contribution in [3.8, 4) is 22.4 Å². The van der Waals surface area contributed by atoms with E-state index in [9.17, 15) is 0 Å². The molecule has 3 rings (SSSR count). The zero-order chi connectivity index (χ0) is 13.9. The molecule has 0 aliphatic heterocycles. The van der Waals surface area contributed by atoms with Crippen molar-refractivity contribution in [3.63, 3.8) is 0 Å². The predicted octanol–water partition coefficient (Wildman–Crippen LogP) is 4.15. The zero-order valence-electron chi connectivity index (χ0n) is 11.9. The normalized spacial score (nSPS) is 10.5. The van der Waals surface area contributed by atoms with Gasteiger partial charge in [0.15, 0.2) is 6.20 Å². The predicted molar refractivity (Wildman–Crippen MR) is 83.2 cm³/mol. The van der Waals surface area contributed by atoms with E-state index in [2.05, 4.69) is 85.4 Å². The van der Waals surface area contributed by atoms with Gasteiger partial charge in [-0.05, 0) is 36.2 Å². The van der Waals surface area contributed by atoms with Gasteiger partial charge >= 0.3 is 0 Å². The Bertz CT molecular complexity index is 730. The summed E-state index contributed by atoms with van der Waals surface area (Å²) in [4.78, 5) is 0. The number of rotatable bonds is 2. The average Bonchev–Trinajstić information content (AvgIpc) is 2.48. The number of hydrogen-bond donors (Lipinski definition) is 0. The van der Waals surface area contributed by atoms with Crippen LogP contribution in [0.3, 0.4) is 0 Å². The summed E-state index contributed by atoms with van der Waals surface area (Å²) < 4.78 is 2.18. The van der Waals surface area contributed by atoms with Gasteiger partial charge in [-0.25, -0.2) is 4.57 Å². The van der Waals surface area contributed by atoms with Crippen molar-refractivity contribution in [2.75, 3.05) is 0 Å². The Labute approximate surface area is 120 Å². The fourth-order valence-corrected chi connectivity index (χ4v) is 2.53. The first-order valence-electron chi connectivity index (χ1n) is 6.86. The SMILES string of the molecule is Cc1ccc(-c2cccc(-c3ccccc3)c2)[n+](C)c1. The lowest BCUT2D eigenvalue weighted by Gasteiger charge is -2.05. The van der Waals surface area contributed by atoms with Gasteiger partial charge in [0, 0.05) is 17.2 Å². The largest absolute Gasteiger partial charge is 0.212 e. The van der Waals surface area contributed by atoms with Crippen LogP contribution in [0, 0.1) is 6.92 Å². The van der Waals surface area contributed by atoms with Gasteiger partial charge in [-0.3, -0.25) is 0 Å². The summed E-state index contributed by atoms with van der Waals surface area (Å²) in [7, 11) is 2.09. The smallest absolute Gasteiger partial charge is 0.201 e. The van der Waals surface area contributed by atoms with E-state index in [1.165, 1.54) is 27.9 Å². The van der Waals surface area contributed by atoms with Gasteiger partial charge in [0.1, 0.15) is 7.05 Å². The fourth-order valence-electron chi connectivity index (χ4n) is 2.53. The average molecular weight is 260 g/mol. The molecule has 0 spiro atoms. The third-order valence-electron chi connectivity index (χ3n) is 3.55. The molecular formula is C19H18N+. The van der Waals surface area contributed by atoms with Crippen LogP contribution in [-0.4, -0.2) is 0 Å². The van der Waals surface area contributed by atoms with Crippen LogP contribution in [0.25, 0.3) is 22.4 Å². The molecule has 20 heavy (non-hydrogen) atoms. The van der Waals surface area contributed by atoms with Gasteiger partial charge in [-0.15, -0.1) is 0 Å². The van der Waals surface area contributed by atoms with Crippen LogP contribution < -0.4 is 4.57 Å². The Kier molecular flexibility index (Phi) is 3.34. The maximum absolute atomic E-state index is 2.25. The number of aryl methyl sites for hydroxylation is 2. The maximum Gasteiger partial charge on any atom is 0.212 e. The Balaban J connectivity index is 2.08. The molecule has 0 saturated carbocycles. The summed E-state index contributed by atoms with van der Waals surface area (Å²) in [5, 5.41) is 0. The standard InChI is InChI=1S/C19H18N/c1-15-11-12-19(20(2)14-15)18-10-6-9-17(13-18)16-7-4-3-5-8-16/h3-14H,1-2H3/q+1. The summed E-state index contributed by atoms with van der Waals surface area (Å²) in [5.41, 5.74) is 6.26. The van der Waals surface area contributed by atoms with E-state index < -0.39 is 0 Å². The summed E-state index contributed by atoms with van der Waals surface area (Å²) in [6.07, 6.45) is 2.16. The third-order valence-corrected chi connectivity index (χ3v) is 3.55. The first-order valence-corrected chi connectivity index (χ1v) is 6.86. The maximum atomic E-state index is 2.25. The number of pyridine rings is 1. The highest BCUT2D eigenvalue weighted by Gasteiger charge is 2.10. The van der Waals surface area contributed by atoms with Gasteiger partial charge in [0.25, 0.3) is 0 Å². The molecule has 1 nitrogen and oxygen atoms in total. The zero-order valence-corrected chi connectivity index (χ0v) is 11.9. The Hall–Kier alpha value is -2.41. The van der Waals surface area contributed by atoms with Gasteiger partial charge in [0.2, 0.25) is 5.69 Å². The van der Waals surface area contributed by atoms with E-state index in [1.54, 1.807) is 0 Å². The molecule has 0 atom stereocenters. The van der Waals surface area contributed by atoms with E-state index in [-0.39, 0.29) is 0 Å². The van der Waals surface area contributed by atoms with Gasteiger partial charge in [-0.2, -0.15) is 0 Å². The highest BCUT2D eigenvalue weighted by atomic mass is 14.9. The van der Waals surface area contributed by atoms with Crippen molar-refractivity contribution in [2.45, 2.75) is 6.92 Å². The number of aromatic nitrogens is 1. The molecular weight excluding hydrogens is 242 g/mol. The third kappa shape index (κ3) is 2.48. The molecule has 1 aromatic heterocycles. The van der Waals surface area contributed by atoms with Gasteiger partial charge < -0.3 is 0 Å². The molecule has 0 bridgehead atoms. The molecule has 0 aliphatic rings. The Morgan fingerprint density at radius 2 is 1.40 bits per heavy atom. The highest BCUT2D eigenvalue weighted by molar-refractivity contribution is 5.70. The number of hydrogen-bond acceptors (Lipinski definition) is 0. The molecule has 0 N–H and O–H groups in total. The molecule has 0 aliphatic carbocycles. The minimum atomic E-state index is 1.23. The lowest BCUT2D eigenvalue weighted by Crippen LogP contribution is -2.30. The summed E-state index contributed by atoms with van der Waals surface area (Å²) in [5.74, 6) is 0. The van der Waals surface area contributed by atoms with E-state index in [4.69, 9.17) is 0 Å². The van der Waals surface area contributed by atoms with Crippen LogP contribution in [0.1, 0.15) is 5.56 Å². The van der Waals surface area contributed by atoms with Crippen LogP contribution >= 0.6 is 0 Å². The van der Waals surface area contributed by atoms with E-state index >= 15 is 0 Å². The lowest BCUT2D eigenvalue weighted by molar-refractivity contribution is -0.660. The first-order chi connectivity index (χ1) is 9.74. The Morgan fingerprint density at radius 3 is 2.15 bits per heavy atom. The second kappa shape index (κ2) is 5.30. The second-order valence-corrected chi connectivity index (χ2v) is 5.15. The van der Waals surface area contributed by atoms with Gasteiger partial charge in [-0.1, -0.05) is 42.5 Å². The molecule has 0 fully saturated rings. The topological polar surface area (TPSA) is 3.88 Å². The van der Waals surface area contributed by atoms with Crippen molar-refractivity contribution < 1.29 is 4.57 Å². The quantitative estimate of drug-likeness (QED) is 0.609. The first kappa shape index (κ1) is 12.6. The van der Waals surface area contributed by atoms with Crippen LogP contribution in [0.4, 0.5) is 0 Å². The molecule has 1 heterocycles. The molecule has 98 valence electrons. The van der Waals surface area contributed by atoms with Crippen molar-refractivity contribution in [3.05, 3.63) is 78.5 Å². The van der Waals surface area contributed by atoms with Crippen molar-refractivity contribution in [2.24, 2.45) is 7.05 Å². The molecule has 0 amide bonds. The number of nitrogens with zero attached hydrogens (tertiary/aromatic N) is 1. The van der Waals surface area contributed by atoms with Crippen molar-refractivity contribution in [1.29, 1.82) is 0 Å². The van der Waals surface area contributed by atoms with Crippen LogP contribution in [-0.2, 0) is 7.05 Å². The molecule has 0 radical (unpaired) electrons. The molecule has 0 saturated heterocycles. The molecule has 1 heteroatoms. The van der Waals surface area contributed by atoms with E-state index in [0.29, 0.717) is 0 Å². The molecule has 3 aromatic rings. The van der Waals surface area contributed by atoms with Crippen molar-refractivity contribution in [1.82, 2.24) is 0 Å². The van der Waals surface area contributed by atoms with E-state index in [1.807, 2.05) is 6.07 Å². The van der Waals surface area contributed by atoms with E-state index in [0.717, 1.165) is 0 Å². The minimum Gasteiger partial charge on any atom is -0.201 e. The lowest BCUT2D eigenvalue weighted by atomic mass is 10.0. The fraction of sp³-hybridized carbons (Fsp3) is 0.105. The highest BCUT2D eigenvalue weighted by Crippen LogP contribution is 2.24. The number of benzene rings is 2. The minimum absolute atomic E-state index is 1.23. The van der Waals surface area contributed by atoms with Crippen LogP contribution in [0.2, 0.25) is 0 Å². The monoisotopic (exact) mass is 260 g/mol.